The van der Waals surface area contributed by atoms with Crippen LogP contribution < -0.4 is 0 Å². The lowest BCUT2D eigenvalue weighted by atomic mass is 9.56. The van der Waals surface area contributed by atoms with E-state index in [-0.39, 0.29) is 0 Å². The molecule has 2 aromatic carbocycles. The highest BCUT2D eigenvalue weighted by atomic mass is 32.2. The molecule has 4 aliphatic carbocycles. The first-order valence-corrected chi connectivity index (χ1v) is 10.3. The van der Waals surface area contributed by atoms with E-state index in [2.05, 4.69) is 46.3 Å². The van der Waals surface area contributed by atoms with E-state index in [0.29, 0.717) is 4.75 Å². The van der Waals surface area contributed by atoms with Gasteiger partial charge in [-0.15, -0.1) is 11.8 Å². The minimum Gasteiger partial charge on any atom is -0.151 e. The monoisotopic (exact) mass is 348 g/mol. The summed E-state index contributed by atoms with van der Waals surface area (Å²) in [5.74, 6) is 3.04. The number of rotatable bonds is 4. The highest BCUT2D eigenvalue weighted by Crippen LogP contribution is 2.61. The van der Waals surface area contributed by atoms with Gasteiger partial charge in [0.25, 0.3) is 0 Å². The summed E-state index contributed by atoms with van der Waals surface area (Å²) in [6, 6.07) is 18.6. The zero-order valence-corrected chi connectivity index (χ0v) is 15.3. The van der Waals surface area contributed by atoms with Crippen LogP contribution in [0.3, 0.4) is 0 Å². The Morgan fingerprint density at radius 1 is 0.680 bits per heavy atom. The van der Waals surface area contributed by atoms with E-state index in [1.807, 2.05) is 30.3 Å². The van der Waals surface area contributed by atoms with E-state index in [0.717, 1.165) is 29.1 Å². The number of nitrogens with zero attached hydrogens (tertiary/aromatic N) is 2. The number of azo groups is 1. The first kappa shape index (κ1) is 15.6. The lowest BCUT2D eigenvalue weighted by molar-refractivity contribution is 0.0383. The lowest BCUT2D eigenvalue weighted by Crippen LogP contribution is -2.48. The van der Waals surface area contributed by atoms with Gasteiger partial charge in [0.05, 0.1) is 11.4 Å². The van der Waals surface area contributed by atoms with E-state index in [4.69, 9.17) is 0 Å². The summed E-state index contributed by atoms with van der Waals surface area (Å²) in [7, 11) is 0. The van der Waals surface area contributed by atoms with Crippen LogP contribution in [0.1, 0.15) is 38.5 Å². The van der Waals surface area contributed by atoms with Gasteiger partial charge in [0, 0.05) is 9.64 Å². The van der Waals surface area contributed by atoms with Crippen molar-refractivity contribution in [1.29, 1.82) is 0 Å². The molecule has 0 aromatic heterocycles. The van der Waals surface area contributed by atoms with E-state index in [9.17, 15) is 0 Å². The Labute approximate surface area is 154 Å². The minimum atomic E-state index is 0.530. The molecule has 0 N–H and O–H groups in total. The zero-order chi connectivity index (χ0) is 16.7. The first-order chi connectivity index (χ1) is 12.3. The summed E-state index contributed by atoms with van der Waals surface area (Å²) < 4.78 is 0.530. The minimum absolute atomic E-state index is 0.530. The maximum Gasteiger partial charge on any atom is 0.0857 e. The van der Waals surface area contributed by atoms with Crippen LogP contribution in [0, 0.1) is 17.8 Å². The molecule has 0 radical (unpaired) electrons. The second kappa shape index (κ2) is 6.28. The molecular formula is C22H24N2S. The Balaban J connectivity index is 1.29. The van der Waals surface area contributed by atoms with Crippen molar-refractivity contribution in [3.05, 3.63) is 54.6 Å². The zero-order valence-electron chi connectivity index (χ0n) is 14.5. The summed E-state index contributed by atoms with van der Waals surface area (Å²) in [4.78, 5) is 1.40. The molecular weight excluding hydrogens is 324 g/mol. The third-order valence-corrected chi connectivity index (χ3v) is 7.63. The summed E-state index contributed by atoms with van der Waals surface area (Å²) in [6.07, 6.45) is 8.87. The molecule has 4 bridgehead atoms. The topological polar surface area (TPSA) is 24.7 Å². The molecule has 0 aliphatic heterocycles. The van der Waals surface area contributed by atoms with E-state index < -0.39 is 0 Å². The number of thioether (sulfide) groups is 1. The maximum atomic E-state index is 4.36. The van der Waals surface area contributed by atoms with Crippen molar-refractivity contribution in [2.75, 3.05) is 0 Å². The molecule has 0 saturated heterocycles. The molecule has 0 heterocycles. The molecule has 2 aromatic rings. The van der Waals surface area contributed by atoms with Gasteiger partial charge in [-0.3, -0.25) is 0 Å². The Hall–Kier alpha value is -1.61. The second-order valence-electron chi connectivity index (χ2n) is 8.23. The van der Waals surface area contributed by atoms with Gasteiger partial charge in [-0.25, -0.2) is 0 Å². The molecule has 4 fully saturated rings. The van der Waals surface area contributed by atoms with Gasteiger partial charge < -0.3 is 0 Å². The van der Waals surface area contributed by atoms with Gasteiger partial charge in [0.15, 0.2) is 0 Å². The fourth-order valence-electron chi connectivity index (χ4n) is 5.60. The van der Waals surface area contributed by atoms with Crippen molar-refractivity contribution in [3.8, 4) is 0 Å². The molecule has 4 saturated carbocycles. The number of benzene rings is 2. The third kappa shape index (κ3) is 3.27. The first-order valence-electron chi connectivity index (χ1n) is 9.52. The van der Waals surface area contributed by atoms with Crippen LogP contribution in [-0.2, 0) is 0 Å². The summed E-state index contributed by atoms with van der Waals surface area (Å²) in [5, 5.41) is 8.66. The number of hydrogen-bond acceptors (Lipinski definition) is 3. The number of hydrogen-bond donors (Lipinski definition) is 0. The highest BCUT2D eigenvalue weighted by molar-refractivity contribution is 8.00. The van der Waals surface area contributed by atoms with Crippen LogP contribution in [0.4, 0.5) is 11.4 Å². The third-order valence-electron chi connectivity index (χ3n) is 6.19. The van der Waals surface area contributed by atoms with E-state index in [1.54, 1.807) is 0 Å². The summed E-state index contributed by atoms with van der Waals surface area (Å²) >= 11 is 2.15. The van der Waals surface area contributed by atoms with Crippen molar-refractivity contribution in [2.45, 2.75) is 48.2 Å². The molecule has 25 heavy (non-hydrogen) atoms. The van der Waals surface area contributed by atoms with Crippen LogP contribution in [0.5, 0.6) is 0 Å². The van der Waals surface area contributed by atoms with Gasteiger partial charge in [0.1, 0.15) is 0 Å². The van der Waals surface area contributed by atoms with Crippen LogP contribution in [0.2, 0.25) is 0 Å². The van der Waals surface area contributed by atoms with Crippen molar-refractivity contribution in [3.63, 3.8) is 0 Å². The standard InChI is InChI=1S/C22H24N2S/c1-2-4-19(5-3-1)23-24-20-6-8-21(9-7-20)25-22-13-16-10-17(14-22)12-18(11-16)15-22/h1-9,16-18H,10-15H2/b24-23+. The van der Waals surface area contributed by atoms with Crippen LogP contribution in [0.25, 0.3) is 0 Å². The molecule has 6 rings (SSSR count). The van der Waals surface area contributed by atoms with Gasteiger partial charge in [-0.05, 0) is 92.7 Å². The predicted molar refractivity (Wildman–Crippen MR) is 104 cm³/mol. The Bertz CT molecular complexity index is 731. The fraction of sp³-hybridized carbons (Fsp3) is 0.455. The predicted octanol–water partition coefficient (Wildman–Crippen LogP) is 7.16. The molecule has 4 aliphatic rings. The fourth-order valence-corrected chi connectivity index (χ4v) is 7.33. The van der Waals surface area contributed by atoms with E-state index >= 15 is 0 Å². The van der Waals surface area contributed by atoms with E-state index in [1.165, 1.54) is 43.4 Å². The molecule has 0 atom stereocenters. The Kier molecular flexibility index (Phi) is 3.93. The highest BCUT2D eigenvalue weighted by Gasteiger charge is 2.51. The second-order valence-corrected chi connectivity index (χ2v) is 9.77. The average molecular weight is 349 g/mol. The van der Waals surface area contributed by atoms with Crippen molar-refractivity contribution >= 4 is 23.1 Å². The van der Waals surface area contributed by atoms with Gasteiger partial charge in [-0.2, -0.15) is 10.2 Å². The normalized spacial score (nSPS) is 33.2. The molecule has 0 amide bonds. The maximum absolute atomic E-state index is 4.36. The van der Waals surface area contributed by atoms with Crippen molar-refractivity contribution in [2.24, 2.45) is 28.0 Å². The van der Waals surface area contributed by atoms with Crippen molar-refractivity contribution < 1.29 is 0 Å². The van der Waals surface area contributed by atoms with Gasteiger partial charge in [-0.1, -0.05) is 18.2 Å². The molecule has 0 spiro atoms. The van der Waals surface area contributed by atoms with Gasteiger partial charge >= 0.3 is 0 Å². The lowest BCUT2D eigenvalue weighted by Gasteiger charge is -2.56. The molecule has 0 unspecified atom stereocenters. The smallest absolute Gasteiger partial charge is 0.0857 e. The summed E-state index contributed by atoms with van der Waals surface area (Å²) in [5.41, 5.74) is 1.83. The van der Waals surface area contributed by atoms with Crippen molar-refractivity contribution in [1.82, 2.24) is 0 Å². The summed E-state index contributed by atoms with van der Waals surface area (Å²) in [6.45, 7) is 0. The SMILES string of the molecule is c1ccc(/N=N/c2ccc(SC34CC5CC(CC(C5)C3)C4)cc2)cc1. The Morgan fingerprint density at radius 3 is 1.76 bits per heavy atom. The molecule has 128 valence electrons. The van der Waals surface area contributed by atoms with Crippen LogP contribution >= 0.6 is 11.8 Å². The molecule has 2 nitrogen and oxygen atoms in total. The van der Waals surface area contributed by atoms with Crippen LogP contribution in [0.15, 0.2) is 69.7 Å². The van der Waals surface area contributed by atoms with Crippen LogP contribution in [-0.4, -0.2) is 4.75 Å². The quantitative estimate of drug-likeness (QED) is 0.538. The average Bonchev–Trinajstić information content (AvgIpc) is 2.60. The largest absolute Gasteiger partial charge is 0.151 e. The Morgan fingerprint density at radius 2 is 1.20 bits per heavy atom. The molecule has 3 heteroatoms. The van der Waals surface area contributed by atoms with Gasteiger partial charge in [0.2, 0.25) is 0 Å².